The highest BCUT2D eigenvalue weighted by molar-refractivity contribution is 5.93. The summed E-state index contributed by atoms with van der Waals surface area (Å²) in [6.07, 6.45) is 9.65. The second-order valence-electron chi connectivity index (χ2n) is 16.8. The summed E-state index contributed by atoms with van der Waals surface area (Å²) in [5, 5.41) is 25.1. The summed E-state index contributed by atoms with van der Waals surface area (Å²) in [5.74, 6) is -3.51. The monoisotopic (exact) mass is 803 g/mol. The second kappa shape index (κ2) is 23.0. The lowest BCUT2D eigenvalue weighted by atomic mass is 9.83. The number of ether oxygens (including phenoxy) is 1. The van der Waals surface area contributed by atoms with Crippen LogP contribution in [0.1, 0.15) is 134 Å². The van der Waals surface area contributed by atoms with E-state index in [1.807, 2.05) is 25.1 Å². The van der Waals surface area contributed by atoms with Gasteiger partial charge in [-0.15, -0.1) is 0 Å². The van der Waals surface area contributed by atoms with E-state index in [4.69, 9.17) is 4.74 Å². The largest absolute Gasteiger partial charge is 0.458 e. The van der Waals surface area contributed by atoms with Crippen LogP contribution in [-0.2, 0) is 46.3 Å². The van der Waals surface area contributed by atoms with Gasteiger partial charge in [-0.2, -0.15) is 0 Å². The molecule has 5 amide bonds. The van der Waals surface area contributed by atoms with Gasteiger partial charge in [-0.25, -0.2) is 4.79 Å². The molecule has 3 unspecified atom stereocenters. The summed E-state index contributed by atoms with van der Waals surface area (Å²) < 4.78 is 5.52. The summed E-state index contributed by atoms with van der Waals surface area (Å²) in [6.45, 7) is 6.44. The van der Waals surface area contributed by atoms with E-state index in [2.05, 4.69) is 32.7 Å². The number of amides is 5. The zero-order valence-corrected chi connectivity index (χ0v) is 34.8. The third kappa shape index (κ3) is 15.2. The predicted octanol–water partition coefficient (Wildman–Crippen LogP) is 4.64. The molecule has 5 atom stereocenters. The number of aliphatic hydroxyl groups is 1. The Hall–Kier alpha value is -4.78. The molecule has 13 nitrogen and oxygen atoms in total. The Balaban J connectivity index is 1.49. The Kier molecular flexibility index (Phi) is 18.2. The molecule has 1 aliphatic carbocycles. The van der Waals surface area contributed by atoms with Gasteiger partial charge in [0.05, 0.1) is 12.6 Å². The fraction of sp³-hybridized carbons (Fsp3) is 0.600. The van der Waals surface area contributed by atoms with Crippen LogP contribution in [0, 0.1) is 5.92 Å². The van der Waals surface area contributed by atoms with E-state index in [1.165, 1.54) is 0 Å². The van der Waals surface area contributed by atoms with Crippen molar-refractivity contribution in [1.29, 1.82) is 0 Å². The molecule has 2 aromatic rings. The first kappa shape index (κ1) is 45.9. The highest BCUT2D eigenvalue weighted by Crippen LogP contribution is 2.27. The molecule has 13 heteroatoms. The summed E-state index contributed by atoms with van der Waals surface area (Å²) in [5.41, 5.74) is 1.66. The lowest BCUT2D eigenvalue weighted by Gasteiger charge is -2.32. The van der Waals surface area contributed by atoms with Crippen LogP contribution in [0.15, 0.2) is 54.6 Å². The first-order valence-electron chi connectivity index (χ1n) is 21.2. The third-order valence-corrected chi connectivity index (χ3v) is 10.7. The van der Waals surface area contributed by atoms with Crippen LogP contribution in [0.2, 0.25) is 0 Å². The maximum absolute atomic E-state index is 14.2. The van der Waals surface area contributed by atoms with Crippen LogP contribution in [0.4, 0.5) is 0 Å². The molecule has 2 aliphatic rings. The molecule has 0 radical (unpaired) electrons. The number of aryl methyl sites for hydroxylation is 1. The van der Waals surface area contributed by atoms with E-state index < -0.39 is 72.0 Å². The highest BCUT2D eigenvalue weighted by atomic mass is 16.6. The van der Waals surface area contributed by atoms with Crippen LogP contribution in [-0.4, -0.2) is 77.0 Å². The number of carbonyl (C=O) groups is 6. The molecule has 1 fully saturated rings. The van der Waals surface area contributed by atoms with Gasteiger partial charge in [0.2, 0.25) is 23.6 Å². The molecule has 6 N–H and O–H groups in total. The molecule has 0 aromatic heterocycles. The highest BCUT2D eigenvalue weighted by Gasteiger charge is 2.36. The van der Waals surface area contributed by atoms with Crippen molar-refractivity contribution in [3.8, 4) is 0 Å². The average Bonchev–Trinajstić information content (AvgIpc) is 3.19. The molecule has 1 saturated carbocycles. The summed E-state index contributed by atoms with van der Waals surface area (Å²) in [4.78, 5) is 80.9. The van der Waals surface area contributed by atoms with Crippen LogP contribution in [0.5, 0.6) is 0 Å². The number of benzene rings is 2. The Labute approximate surface area is 343 Å². The Morgan fingerprint density at radius 1 is 0.828 bits per heavy atom. The first-order chi connectivity index (χ1) is 27.7. The summed E-state index contributed by atoms with van der Waals surface area (Å²) >= 11 is 0. The van der Waals surface area contributed by atoms with Gasteiger partial charge in [0.15, 0.2) is 12.1 Å². The minimum atomic E-state index is -1.74. The van der Waals surface area contributed by atoms with Crippen LogP contribution >= 0.6 is 0 Å². The quantitative estimate of drug-likeness (QED) is 0.167. The van der Waals surface area contributed by atoms with Crippen molar-refractivity contribution in [2.24, 2.45) is 5.92 Å². The number of fused-ring (bicyclic) bond motifs is 2. The lowest BCUT2D eigenvalue weighted by Crippen LogP contribution is -2.59. The van der Waals surface area contributed by atoms with Crippen molar-refractivity contribution in [1.82, 2.24) is 26.6 Å². The predicted molar refractivity (Wildman–Crippen MR) is 221 cm³/mol. The van der Waals surface area contributed by atoms with E-state index in [0.717, 1.165) is 81.8 Å². The van der Waals surface area contributed by atoms with E-state index >= 15 is 0 Å². The maximum Gasteiger partial charge on any atom is 0.333 e. The standard InChI is InChI=1S/C45H65N5O8/c1-5-18-34(40(53)43(56)46-29-37(52)50-39(33-24-14-10-15-25-33)44(57)58-45(2,3)4)47-41(54)35-28-31-21-17-20-30(27-31)19-11-7-6-8-16-26-36(51)49-38(42(55)48-35)32-22-12-9-13-23-32/h10,14-15,17,20-21,24-25,27,32,34-35,38-40,53H,5-9,11-13,16,18-19,22-23,26,28-29H2,1-4H3,(H,46,56)(H,47,54)(H,48,55)(H,49,51)(H,50,52)/t34?,35?,38-,39-,40?/m0/s1. The van der Waals surface area contributed by atoms with Crippen molar-refractivity contribution in [2.75, 3.05) is 6.54 Å². The normalized spacial score (nSPS) is 20.5. The van der Waals surface area contributed by atoms with Gasteiger partial charge in [-0.1, -0.05) is 106 Å². The van der Waals surface area contributed by atoms with Crippen molar-refractivity contribution in [3.05, 3.63) is 71.3 Å². The van der Waals surface area contributed by atoms with E-state index in [1.54, 1.807) is 51.1 Å². The van der Waals surface area contributed by atoms with Gasteiger partial charge >= 0.3 is 5.97 Å². The fourth-order valence-corrected chi connectivity index (χ4v) is 7.73. The fourth-order valence-electron chi connectivity index (χ4n) is 7.73. The molecule has 1 heterocycles. The minimum Gasteiger partial charge on any atom is -0.458 e. The average molecular weight is 804 g/mol. The van der Waals surface area contributed by atoms with Crippen LogP contribution < -0.4 is 26.6 Å². The van der Waals surface area contributed by atoms with Crippen LogP contribution in [0.3, 0.4) is 0 Å². The molecule has 2 bridgehead atoms. The van der Waals surface area contributed by atoms with Crippen molar-refractivity contribution in [3.63, 3.8) is 0 Å². The third-order valence-electron chi connectivity index (χ3n) is 10.7. The zero-order valence-electron chi connectivity index (χ0n) is 34.8. The number of nitrogens with one attached hydrogen (secondary N) is 5. The van der Waals surface area contributed by atoms with E-state index in [-0.39, 0.29) is 24.7 Å². The Morgan fingerprint density at radius 2 is 1.48 bits per heavy atom. The van der Waals surface area contributed by atoms with Gasteiger partial charge < -0.3 is 36.4 Å². The molecule has 0 saturated heterocycles. The molecular formula is C45H65N5O8. The molecule has 2 aromatic carbocycles. The van der Waals surface area contributed by atoms with Crippen molar-refractivity contribution >= 4 is 35.5 Å². The second-order valence-corrected chi connectivity index (χ2v) is 16.8. The van der Waals surface area contributed by atoms with Gasteiger partial charge in [0.1, 0.15) is 17.7 Å². The number of hydrogen-bond acceptors (Lipinski definition) is 8. The summed E-state index contributed by atoms with van der Waals surface area (Å²) in [7, 11) is 0. The summed E-state index contributed by atoms with van der Waals surface area (Å²) in [6, 6.07) is 12.5. The van der Waals surface area contributed by atoms with Gasteiger partial charge in [-0.3, -0.25) is 24.0 Å². The number of carbonyl (C=O) groups excluding carboxylic acids is 6. The van der Waals surface area contributed by atoms with E-state index in [9.17, 15) is 33.9 Å². The molecule has 4 rings (SSSR count). The molecule has 1 aliphatic heterocycles. The van der Waals surface area contributed by atoms with Crippen molar-refractivity contribution < 1.29 is 38.6 Å². The molecule has 0 spiro atoms. The first-order valence-corrected chi connectivity index (χ1v) is 21.2. The molecular weight excluding hydrogens is 739 g/mol. The van der Waals surface area contributed by atoms with Gasteiger partial charge in [-0.05, 0) is 81.9 Å². The number of aliphatic hydroxyl groups excluding tert-OH is 1. The Morgan fingerprint density at radius 3 is 2.17 bits per heavy atom. The van der Waals surface area contributed by atoms with Gasteiger partial charge in [0, 0.05) is 12.8 Å². The zero-order chi connectivity index (χ0) is 42.1. The van der Waals surface area contributed by atoms with Crippen molar-refractivity contribution in [2.45, 2.75) is 160 Å². The molecule has 318 valence electrons. The number of rotatable bonds is 12. The SMILES string of the molecule is CCCC(NC(=O)C1Cc2cccc(c2)CCCCCCCC(=O)N[C@@H](C2CCCCC2)C(=O)N1)C(O)C(=O)NCC(=O)N[C@H](C(=O)OC(C)(C)C)c1ccccc1. The topological polar surface area (TPSA) is 192 Å². The maximum atomic E-state index is 14.2. The number of esters is 1. The molecule has 58 heavy (non-hydrogen) atoms. The van der Waals surface area contributed by atoms with E-state index in [0.29, 0.717) is 18.4 Å². The van der Waals surface area contributed by atoms with Crippen LogP contribution in [0.25, 0.3) is 0 Å². The Bertz CT molecular complexity index is 1670. The van der Waals surface area contributed by atoms with Gasteiger partial charge in [0.25, 0.3) is 5.91 Å². The lowest BCUT2D eigenvalue weighted by molar-refractivity contribution is -0.158. The number of hydrogen-bond donors (Lipinski definition) is 6. The smallest absolute Gasteiger partial charge is 0.333 e. The minimum absolute atomic E-state index is 0.0607.